The maximum Gasteiger partial charge on any atom is 0.326 e. The van der Waals surface area contributed by atoms with Crippen molar-refractivity contribution in [2.75, 3.05) is 57.4 Å². The number of carbonyl (C=O) groups excluding carboxylic acids is 15. The fraction of sp³-hybridized carbons (Fsp3) is 0.603. The van der Waals surface area contributed by atoms with Gasteiger partial charge in [0.2, 0.25) is 88.6 Å². The van der Waals surface area contributed by atoms with Crippen LogP contribution < -0.4 is 113 Å². The maximum absolute atomic E-state index is 14.3. The number of primary amides is 1. The van der Waals surface area contributed by atoms with Gasteiger partial charge in [-0.25, -0.2) is 4.79 Å². The van der Waals surface area contributed by atoms with Gasteiger partial charge in [0.15, 0.2) is 11.9 Å². The van der Waals surface area contributed by atoms with E-state index in [0.717, 1.165) is 0 Å². The molecule has 2 aromatic carbocycles. The summed E-state index contributed by atoms with van der Waals surface area (Å²) in [6.07, 6.45) is -2.00. The Morgan fingerprint density at radius 3 is 1.31 bits per heavy atom. The van der Waals surface area contributed by atoms with Crippen molar-refractivity contribution >= 4 is 138 Å². The summed E-state index contributed by atoms with van der Waals surface area (Å²) in [4.78, 5) is 230. The summed E-state index contributed by atoms with van der Waals surface area (Å²) in [5.74, 6) is -20.9. The van der Waals surface area contributed by atoms with Gasteiger partial charge >= 0.3 is 11.9 Å². The van der Waals surface area contributed by atoms with Crippen molar-refractivity contribution in [1.82, 2.24) is 90.4 Å². The third-order valence-corrected chi connectivity index (χ3v) is 20.0. The highest BCUT2D eigenvalue weighted by atomic mass is 32.1. The average Bonchev–Trinajstić information content (AvgIpc) is 0.849. The van der Waals surface area contributed by atoms with Gasteiger partial charge in [-0.1, -0.05) is 104 Å². The number of hydrogen-bond donors (Lipinski definition) is 30. The van der Waals surface area contributed by atoms with Crippen LogP contribution in [0.25, 0.3) is 0 Å². The zero-order chi connectivity index (χ0) is 94.3. The Morgan fingerprint density at radius 2 is 0.824 bits per heavy atom. The topological polar surface area (TPSA) is 748 Å². The van der Waals surface area contributed by atoms with Gasteiger partial charge in [0.25, 0.3) is 0 Å². The van der Waals surface area contributed by atoms with Crippen LogP contribution in [-0.4, -0.2) is 280 Å². The summed E-state index contributed by atoms with van der Waals surface area (Å²) in [6.45, 7) is 9.50. The normalized spacial score (nSPS) is 14.7. The number of amides is 15. The predicted octanol–water partition coefficient (Wildman–Crippen LogP) is -7.50. The quantitative estimate of drug-likeness (QED) is 0.0127. The number of benzene rings is 2. The van der Waals surface area contributed by atoms with Crippen molar-refractivity contribution < 1.29 is 107 Å². The van der Waals surface area contributed by atoms with E-state index >= 15 is 0 Å². The molecular weight excluding hydrogens is 1680 g/mol. The number of carboxylic acids is 2. The summed E-state index contributed by atoms with van der Waals surface area (Å²) in [7, 11) is 0. The number of guanidine groups is 2. The number of phenols is 1. The minimum Gasteiger partial charge on any atom is -0.508 e. The van der Waals surface area contributed by atoms with E-state index in [1.807, 2.05) is 13.8 Å². The summed E-state index contributed by atoms with van der Waals surface area (Å²) in [5.41, 5.74) is 23.6. The molecule has 0 saturated carbocycles. The molecule has 0 aromatic heterocycles. The Hall–Kier alpha value is -11.7. The van der Waals surface area contributed by atoms with E-state index in [2.05, 4.69) is 116 Å². The zero-order valence-electron chi connectivity index (χ0n) is 71.3. The Kier molecular flexibility index (Phi) is 50.5. The first-order valence-corrected chi connectivity index (χ1v) is 42.0. The molecule has 125 heavy (non-hydrogen) atoms. The van der Waals surface area contributed by atoms with Gasteiger partial charge in [0, 0.05) is 56.8 Å². The Balaban J connectivity index is 2.27. The number of nitrogens with two attached hydrogens (primary N) is 4. The highest BCUT2D eigenvalue weighted by Gasteiger charge is 2.39. The third kappa shape index (κ3) is 42.5. The summed E-state index contributed by atoms with van der Waals surface area (Å²) in [6, 6.07) is -6.26. The number of hydrogen-bond acceptors (Lipinski definition) is 26. The van der Waals surface area contributed by atoms with E-state index in [1.165, 1.54) is 38.1 Å². The van der Waals surface area contributed by atoms with Gasteiger partial charge in [0.1, 0.15) is 78.3 Å². The van der Waals surface area contributed by atoms with Crippen molar-refractivity contribution in [3.8, 4) is 5.75 Å². The maximum atomic E-state index is 14.3. The van der Waals surface area contributed by atoms with Gasteiger partial charge < -0.3 is 139 Å². The number of aliphatic hydroxyl groups is 2. The van der Waals surface area contributed by atoms with Crippen LogP contribution in [0.3, 0.4) is 0 Å². The van der Waals surface area contributed by atoms with Gasteiger partial charge in [-0.2, -0.15) is 25.3 Å². The van der Waals surface area contributed by atoms with Crippen LogP contribution in [0.5, 0.6) is 5.75 Å². The number of aliphatic hydroxyl groups excluding tert-OH is 2. The number of aliphatic carboxylic acids is 2. The standard InChI is InChI=1S/C78H127N23O22S2/c1-9-42(8)63(101-68(114)49(18-14-28-87-78(83)84)92-64(110)47(79)29-39(2)3)75(121)100-62(41(6)7)74(120)95-51(23-25-57(80)105)67(113)98-56(38-125)72(118)93-48(17-13-27-86-77(81)82)66(112)97-55(36-103)71(117)99-61(40(4)5)73(119)94-50(24-26-60(108)109)65(111)88-34-59(107)91-54(35-102)70(116)89-45(37-124)32-85-33-58(106)90-52(30-43-15-11-10-12-16-43)69(115)96-53(76(122)123)31-44-19-21-46(104)22-20-44/h10-12,15-16,19-22,39-42,45,47-56,61-63,85,102-104,124-125H,9,13-14,17-18,23-38,79H2,1-8H3,(H2,80,105)(H,88,111)(H,89,116)(H,90,106)(H,91,107)(H,92,110)(H,93,118)(H,94,119)(H,95,120)(H,96,115)(H,97,112)(H,98,113)(H,99,117)(H,100,121)(H,101,114)(H,108,109)(H,122,123)(H4,81,82,86)(H4,83,84,87)/t42-,45+,47-,48-,49-,50-,51-,52-,53-,54-,55-,56-,61-,62-,63-/m0/s1. The fourth-order valence-corrected chi connectivity index (χ4v) is 12.5. The summed E-state index contributed by atoms with van der Waals surface area (Å²) < 4.78 is 0. The third-order valence-electron chi connectivity index (χ3n) is 19.2. The second kappa shape index (κ2) is 57.7. The van der Waals surface area contributed by atoms with Crippen LogP contribution in [0.1, 0.15) is 131 Å². The largest absolute Gasteiger partial charge is 0.508 e. The number of phenolic OH excluding ortho intramolecular Hbond substituents is 1. The van der Waals surface area contributed by atoms with Crippen LogP contribution in [0.4, 0.5) is 0 Å². The lowest BCUT2D eigenvalue weighted by Crippen LogP contribution is -2.62. The lowest BCUT2D eigenvalue weighted by Gasteiger charge is -2.30. The highest BCUT2D eigenvalue weighted by molar-refractivity contribution is 7.80. The molecule has 0 radical (unpaired) electrons. The smallest absolute Gasteiger partial charge is 0.326 e. The van der Waals surface area contributed by atoms with Crippen LogP contribution in [0.2, 0.25) is 0 Å². The van der Waals surface area contributed by atoms with Gasteiger partial charge in [-0.15, -0.1) is 0 Å². The first-order chi connectivity index (χ1) is 58.9. The molecule has 0 bridgehead atoms. The molecule has 0 saturated heterocycles. The molecule has 45 nitrogen and oxygen atoms in total. The number of carbonyl (C=O) groups is 17. The van der Waals surface area contributed by atoms with E-state index in [1.54, 1.807) is 58.0 Å². The first-order valence-electron chi connectivity index (χ1n) is 40.7. The molecule has 698 valence electrons. The van der Waals surface area contributed by atoms with E-state index in [4.69, 9.17) is 33.8 Å². The second-order valence-electron chi connectivity index (χ2n) is 30.8. The molecule has 2 rings (SSSR count). The van der Waals surface area contributed by atoms with Gasteiger partial charge in [-0.05, 0) is 91.9 Å². The van der Waals surface area contributed by atoms with Crippen molar-refractivity contribution in [3.63, 3.8) is 0 Å². The number of nitrogens with one attached hydrogen (secondary N) is 19. The minimum absolute atomic E-state index is 0.0207. The number of aromatic hydroxyl groups is 1. The van der Waals surface area contributed by atoms with Crippen LogP contribution in [-0.2, 0) is 94.3 Å². The van der Waals surface area contributed by atoms with E-state index in [9.17, 15) is 107 Å². The molecule has 0 aliphatic heterocycles. The Morgan fingerprint density at radius 1 is 0.424 bits per heavy atom. The molecule has 0 aliphatic rings. The molecule has 0 aliphatic carbocycles. The molecule has 0 unspecified atom stereocenters. The van der Waals surface area contributed by atoms with E-state index in [0.29, 0.717) is 24.0 Å². The predicted molar refractivity (Wildman–Crippen MR) is 463 cm³/mol. The molecule has 2 aromatic rings. The molecular formula is C78H127N23O22S2. The molecule has 47 heteroatoms. The van der Waals surface area contributed by atoms with Crippen molar-refractivity contribution in [2.45, 2.75) is 217 Å². The molecule has 32 N–H and O–H groups in total. The van der Waals surface area contributed by atoms with Crippen molar-refractivity contribution in [3.05, 3.63) is 65.7 Å². The Labute approximate surface area is 735 Å². The molecule has 0 heterocycles. The average molecular weight is 1800 g/mol. The number of carboxylic acid groups (broad SMARTS) is 2. The molecule has 0 spiro atoms. The molecule has 0 fully saturated rings. The number of thiol groups is 2. The first kappa shape index (κ1) is 109. The van der Waals surface area contributed by atoms with E-state index < -0.39 is 267 Å². The minimum atomic E-state index is -1.92. The molecule has 15 atom stereocenters. The molecule has 15 amide bonds. The van der Waals surface area contributed by atoms with Gasteiger partial charge in [0.05, 0.1) is 38.4 Å². The Bertz CT molecular complexity index is 3950. The summed E-state index contributed by atoms with van der Waals surface area (Å²) >= 11 is 8.51. The monoisotopic (exact) mass is 1800 g/mol. The van der Waals surface area contributed by atoms with E-state index in [-0.39, 0.29) is 81.5 Å². The second-order valence-corrected chi connectivity index (χ2v) is 31.6. The fourth-order valence-electron chi connectivity index (χ4n) is 12.0. The van der Waals surface area contributed by atoms with Crippen molar-refractivity contribution in [1.29, 1.82) is 10.8 Å². The van der Waals surface area contributed by atoms with Crippen LogP contribution in [0, 0.1) is 34.5 Å². The lowest BCUT2D eigenvalue weighted by atomic mass is 9.95. The van der Waals surface area contributed by atoms with Crippen molar-refractivity contribution in [2.24, 2.45) is 46.6 Å². The zero-order valence-corrected chi connectivity index (χ0v) is 73.1. The van der Waals surface area contributed by atoms with Gasteiger partial charge in [-0.3, -0.25) is 87.5 Å². The number of rotatable bonds is 60. The highest BCUT2D eigenvalue weighted by Crippen LogP contribution is 2.17. The lowest BCUT2D eigenvalue weighted by molar-refractivity contribution is -0.142. The SMILES string of the molecule is CC[C@H](C)[C@H](NC(=O)[C@H](CCCNC(=N)N)NC(=O)[C@@H](N)CC(C)C)C(=O)N[C@H](C(=O)N[C@@H](CCC(N)=O)C(=O)N[C@@H](CS)C(=O)N[C@@H](CCCNC(=N)N)C(=O)N[C@@H](CO)C(=O)N[C@H](C(=O)N[C@@H](CCC(=O)O)C(=O)NCC(=O)N[C@@H](CO)C(=O)N[C@@H](CS)CNCC(=O)N[C@@H](Cc1ccccc1)C(=O)N[C@@H](Cc1ccc(O)cc1)C(=O)O)C(C)C)C(C)C. The summed E-state index contributed by atoms with van der Waals surface area (Å²) in [5, 5.41) is 107. The van der Waals surface area contributed by atoms with Crippen LogP contribution in [0.15, 0.2) is 54.6 Å². The van der Waals surface area contributed by atoms with Crippen LogP contribution >= 0.6 is 25.3 Å².